The van der Waals surface area contributed by atoms with Crippen LogP contribution < -0.4 is 16.1 Å². The van der Waals surface area contributed by atoms with Crippen LogP contribution in [0.3, 0.4) is 0 Å². The predicted octanol–water partition coefficient (Wildman–Crippen LogP) is 0.820. The number of carbonyl (C=O) groups excluding carboxylic acids is 6. The van der Waals surface area contributed by atoms with Gasteiger partial charge in [-0.25, -0.2) is 5.01 Å². The number of hydrazine groups is 1. The molecule has 18 nitrogen and oxygen atoms in total. The van der Waals surface area contributed by atoms with Gasteiger partial charge in [-0.2, -0.15) is 0 Å². The van der Waals surface area contributed by atoms with Crippen LogP contribution in [0.5, 0.6) is 0 Å². The first-order valence-corrected chi connectivity index (χ1v) is 17.3. The van der Waals surface area contributed by atoms with Gasteiger partial charge in [-0.05, 0) is 23.5 Å². The van der Waals surface area contributed by atoms with Crippen LogP contribution in [0.25, 0.3) is 0 Å². The number of aliphatic carboxylic acids is 3. The van der Waals surface area contributed by atoms with E-state index in [0.29, 0.717) is 10.6 Å². The van der Waals surface area contributed by atoms with Crippen LogP contribution in [-0.2, 0) is 65.8 Å². The van der Waals surface area contributed by atoms with E-state index in [-0.39, 0.29) is 13.2 Å². The van der Waals surface area contributed by atoms with E-state index < -0.39 is 128 Å². The molecule has 0 aromatic heterocycles. The Kier molecular flexibility index (Phi) is 16.4. The Morgan fingerprint density at radius 2 is 1.38 bits per heavy atom. The van der Waals surface area contributed by atoms with Crippen LogP contribution in [0.4, 0.5) is 0 Å². The summed E-state index contributed by atoms with van der Waals surface area (Å²) >= 11 is 0. The number of epoxide rings is 1. The van der Waals surface area contributed by atoms with Gasteiger partial charge >= 0.3 is 23.9 Å². The summed E-state index contributed by atoms with van der Waals surface area (Å²) in [6, 6.07) is 15.9. The van der Waals surface area contributed by atoms with Gasteiger partial charge in [0.15, 0.2) is 18.0 Å². The topological polar surface area (TPSA) is 275 Å². The van der Waals surface area contributed by atoms with Gasteiger partial charge in [0.1, 0.15) is 13.2 Å². The molecule has 2 aromatic carbocycles. The summed E-state index contributed by atoms with van der Waals surface area (Å²) in [4.78, 5) is 113. The van der Waals surface area contributed by atoms with Gasteiger partial charge in [-0.15, -0.1) is 0 Å². The number of carbonyl (C=O) groups is 9. The van der Waals surface area contributed by atoms with Crippen molar-refractivity contribution in [3.05, 3.63) is 71.8 Å². The third-order valence-electron chi connectivity index (χ3n) is 8.47. The molecule has 0 saturated carbocycles. The number of hydrogen-bond donors (Lipinski definition) is 6. The SMILES string of the molecule is CC(C)[C@H](CC(=O)[C@H](CCC(=O)O)NC(=O)[C@H](CC(=O)O)CC(=O)OCc1ccccc1)C(=O)NN(CC(=O)O)C(=O)[C@H]1O[C@@H]1C(=O)NCc1ccccc1. The van der Waals surface area contributed by atoms with E-state index in [0.717, 1.165) is 5.56 Å². The van der Waals surface area contributed by atoms with Gasteiger partial charge in [-0.3, -0.25) is 48.6 Å². The molecule has 0 unspecified atom stereocenters. The zero-order valence-electron chi connectivity index (χ0n) is 30.2. The van der Waals surface area contributed by atoms with Crippen LogP contribution >= 0.6 is 0 Å². The minimum atomic E-state index is -1.54. The molecule has 1 aliphatic rings. The lowest BCUT2D eigenvalue weighted by Gasteiger charge is -2.27. The summed E-state index contributed by atoms with van der Waals surface area (Å²) in [7, 11) is 0. The highest BCUT2D eigenvalue weighted by molar-refractivity contribution is 5.98. The van der Waals surface area contributed by atoms with Gasteiger partial charge in [-0.1, -0.05) is 74.5 Å². The van der Waals surface area contributed by atoms with E-state index >= 15 is 0 Å². The minimum absolute atomic E-state index is 0.134. The monoisotopic (exact) mass is 768 g/mol. The maximum Gasteiger partial charge on any atom is 0.325 e. The summed E-state index contributed by atoms with van der Waals surface area (Å²) in [5.41, 5.74) is 3.61. The highest BCUT2D eigenvalue weighted by Crippen LogP contribution is 2.25. The number of Topliss-reactive ketones (excluding diaryl/α,β-unsaturated/α-hetero) is 1. The van der Waals surface area contributed by atoms with Crippen LogP contribution in [0, 0.1) is 17.8 Å². The fourth-order valence-electron chi connectivity index (χ4n) is 5.39. The number of benzene rings is 2. The van der Waals surface area contributed by atoms with Crippen LogP contribution in [0.2, 0.25) is 0 Å². The molecule has 0 spiro atoms. The van der Waals surface area contributed by atoms with Crippen molar-refractivity contribution in [1.82, 2.24) is 21.1 Å². The molecule has 1 fully saturated rings. The van der Waals surface area contributed by atoms with Crippen LogP contribution in [0.15, 0.2) is 60.7 Å². The van der Waals surface area contributed by atoms with Gasteiger partial charge < -0.3 is 35.4 Å². The van der Waals surface area contributed by atoms with E-state index in [1.807, 2.05) is 0 Å². The molecule has 1 heterocycles. The molecule has 18 heteroatoms. The lowest BCUT2D eigenvalue weighted by Crippen LogP contribution is -2.53. The quantitative estimate of drug-likeness (QED) is 0.0550. The number of esters is 1. The van der Waals surface area contributed by atoms with Crippen molar-refractivity contribution >= 4 is 53.3 Å². The summed E-state index contributed by atoms with van der Waals surface area (Å²) < 4.78 is 10.4. The number of nitrogens with zero attached hydrogens (tertiary/aromatic N) is 1. The number of nitrogens with one attached hydrogen (secondary N) is 3. The van der Waals surface area contributed by atoms with Crippen molar-refractivity contribution in [3.8, 4) is 0 Å². The van der Waals surface area contributed by atoms with E-state index in [1.165, 1.54) is 0 Å². The Bertz CT molecular complexity index is 1720. The second kappa shape index (κ2) is 20.9. The highest BCUT2D eigenvalue weighted by atomic mass is 16.6. The zero-order chi connectivity index (χ0) is 40.7. The molecule has 0 aliphatic carbocycles. The number of ether oxygens (including phenoxy) is 2. The number of carboxylic acid groups (broad SMARTS) is 3. The lowest BCUT2D eigenvalue weighted by molar-refractivity contribution is -0.152. The first-order chi connectivity index (χ1) is 26.0. The molecule has 2 aromatic rings. The maximum atomic E-state index is 13.6. The molecular formula is C37H44N4O14. The summed E-state index contributed by atoms with van der Waals surface area (Å²) in [6.07, 6.45) is -5.84. The number of carboxylic acids is 3. The standard InChI is InChI=1S/C37H44N4O14/c1-21(2)25(35(51)40-41(19-30(47)48)37(53)33-32(55-33)36(52)38-18-22-9-5-3-6-10-22)17-27(42)26(13-14-28(43)44)39-34(50)24(15-29(45)46)16-31(49)54-20-23-11-7-4-8-12-23/h3-12,21,24-26,32-33H,13-20H2,1-2H3,(H,38,52)(H,39,50)(H,40,51)(H,43,44)(H,45,46)(H,47,48)/t24-,25+,26+,32+,33+/m1/s1. The number of amides is 4. The predicted molar refractivity (Wildman–Crippen MR) is 188 cm³/mol. The Hall–Kier alpha value is -6.17. The average Bonchev–Trinajstić information content (AvgIpc) is 3.94. The fraction of sp³-hybridized carbons (Fsp3) is 0.432. The summed E-state index contributed by atoms with van der Waals surface area (Å²) in [5, 5.41) is 33.6. The van der Waals surface area contributed by atoms with Crippen molar-refractivity contribution < 1.29 is 67.9 Å². The molecule has 4 amide bonds. The smallest absolute Gasteiger partial charge is 0.325 e. The maximum absolute atomic E-state index is 13.6. The number of ketones is 1. The van der Waals surface area contributed by atoms with Crippen molar-refractivity contribution in [2.24, 2.45) is 17.8 Å². The minimum Gasteiger partial charge on any atom is -0.481 e. The molecule has 5 atom stereocenters. The summed E-state index contributed by atoms with van der Waals surface area (Å²) in [5.74, 6) is -13.1. The van der Waals surface area contributed by atoms with Gasteiger partial charge in [0.05, 0.1) is 24.8 Å². The fourth-order valence-corrected chi connectivity index (χ4v) is 5.39. The van der Waals surface area contributed by atoms with Crippen LogP contribution in [-0.4, -0.2) is 98.4 Å². The van der Waals surface area contributed by atoms with Crippen LogP contribution in [0.1, 0.15) is 57.1 Å². The molecule has 55 heavy (non-hydrogen) atoms. The molecule has 6 N–H and O–H groups in total. The number of rotatable bonds is 22. The Balaban J connectivity index is 1.68. The van der Waals surface area contributed by atoms with Crippen molar-refractivity contribution in [2.45, 2.75) is 77.4 Å². The zero-order valence-corrected chi connectivity index (χ0v) is 30.2. The van der Waals surface area contributed by atoms with E-state index in [2.05, 4.69) is 16.1 Å². The van der Waals surface area contributed by atoms with E-state index in [4.69, 9.17) is 9.47 Å². The molecule has 296 valence electrons. The Morgan fingerprint density at radius 3 is 1.95 bits per heavy atom. The highest BCUT2D eigenvalue weighted by Gasteiger charge is 2.52. The normalized spacial score (nSPS) is 16.1. The second-order valence-corrected chi connectivity index (χ2v) is 13.1. The third-order valence-corrected chi connectivity index (χ3v) is 8.47. The van der Waals surface area contributed by atoms with Gasteiger partial charge in [0, 0.05) is 25.3 Å². The molecule has 1 saturated heterocycles. The first kappa shape index (κ1) is 43.2. The van der Waals surface area contributed by atoms with Crippen molar-refractivity contribution in [2.75, 3.05) is 6.54 Å². The first-order valence-electron chi connectivity index (χ1n) is 17.3. The Morgan fingerprint density at radius 1 is 0.764 bits per heavy atom. The third kappa shape index (κ3) is 14.6. The van der Waals surface area contributed by atoms with Gasteiger partial charge in [0.25, 0.3) is 11.8 Å². The van der Waals surface area contributed by atoms with Gasteiger partial charge in [0.2, 0.25) is 11.8 Å². The van der Waals surface area contributed by atoms with Crippen molar-refractivity contribution in [3.63, 3.8) is 0 Å². The molecule has 1 aliphatic heterocycles. The molecule has 3 rings (SSSR count). The van der Waals surface area contributed by atoms with E-state index in [9.17, 15) is 58.5 Å². The number of hydrogen-bond acceptors (Lipinski definition) is 11. The molecule has 0 radical (unpaired) electrons. The molecular weight excluding hydrogens is 724 g/mol. The second-order valence-electron chi connectivity index (χ2n) is 13.1. The van der Waals surface area contributed by atoms with Crippen molar-refractivity contribution in [1.29, 1.82) is 0 Å². The molecule has 0 bridgehead atoms. The summed E-state index contributed by atoms with van der Waals surface area (Å²) in [6.45, 7) is 2.06. The Labute approximate surface area is 315 Å². The van der Waals surface area contributed by atoms with E-state index in [1.54, 1.807) is 74.5 Å². The average molecular weight is 769 g/mol. The lowest BCUT2D eigenvalue weighted by atomic mass is 9.87. The largest absolute Gasteiger partial charge is 0.481 e.